The quantitative estimate of drug-likeness (QED) is 0.227. The number of aromatic hydroxyl groups is 1. The molecule has 1 fully saturated rings. The number of H-pyrrole nitrogens is 1. The summed E-state index contributed by atoms with van der Waals surface area (Å²) in [5.74, 6) is 1.41. The highest BCUT2D eigenvalue weighted by Crippen LogP contribution is 2.35. The van der Waals surface area contributed by atoms with Gasteiger partial charge in [0.15, 0.2) is 0 Å². The van der Waals surface area contributed by atoms with E-state index in [1.54, 1.807) is 12.2 Å². The van der Waals surface area contributed by atoms with E-state index in [4.69, 9.17) is 0 Å². The number of hydrogen-bond donors (Lipinski definition) is 3. The Morgan fingerprint density at radius 1 is 1.08 bits per heavy atom. The number of phenolic OH excluding ortho intramolecular Hbond substituents is 1. The van der Waals surface area contributed by atoms with Crippen LogP contribution >= 0.6 is 0 Å². The van der Waals surface area contributed by atoms with E-state index in [-0.39, 0.29) is 17.7 Å². The molecule has 1 aliphatic heterocycles. The Kier molecular flexibility index (Phi) is 8.88. The van der Waals surface area contributed by atoms with E-state index >= 15 is 0 Å². The van der Waals surface area contributed by atoms with E-state index in [9.17, 15) is 9.90 Å². The highest BCUT2D eigenvalue weighted by molar-refractivity contribution is 5.88. The maximum absolute atomic E-state index is 12.3. The zero-order valence-corrected chi connectivity index (χ0v) is 22.6. The second-order valence-electron chi connectivity index (χ2n) is 10.8. The molecule has 0 spiro atoms. The molecule has 0 unspecified atom stereocenters. The van der Waals surface area contributed by atoms with Gasteiger partial charge in [0, 0.05) is 36.3 Å². The first-order valence-electron chi connectivity index (χ1n) is 13.6. The third kappa shape index (κ3) is 6.72. The van der Waals surface area contributed by atoms with Crippen LogP contribution < -0.4 is 5.32 Å². The largest absolute Gasteiger partial charge is 0.507 e. The summed E-state index contributed by atoms with van der Waals surface area (Å²) >= 11 is 0. The molecule has 0 aliphatic carbocycles. The van der Waals surface area contributed by atoms with Gasteiger partial charge in [-0.15, -0.1) is 0 Å². The van der Waals surface area contributed by atoms with Gasteiger partial charge < -0.3 is 20.3 Å². The van der Waals surface area contributed by atoms with Crippen LogP contribution in [0, 0.1) is 0 Å². The van der Waals surface area contributed by atoms with Crippen molar-refractivity contribution in [1.82, 2.24) is 15.2 Å². The number of phenols is 1. The van der Waals surface area contributed by atoms with Crippen molar-refractivity contribution in [3.8, 4) is 5.75 Å². The second kappa shape index (κ2) is 12.3. The molecule has 5 heteroatoms. The molecule has 1 aromatic heterocycles. The lowest BCUT2D eigenvalue weighted by Crippen LogP contribution is -2.38. The van der Waals surface area contributed by atoms with Crippen molar-refractivity contribution in [2.45, 2.75) is 58.3 Å². The number of nitrogens with zero attached hydrogens (tertiary/aromatic N) is 1. The third-order valence-corrected chi connectivity index (χ3v) is 7.46. The van der Waals surface area contributed by atoms with Crippen LogP contribution in [0.1, 0.15) is 80.5 Å². The molecule has 1 aliphatic rings. The fraction of sp³-hybridized carbons (Fsp3) is 0.406. The topological polar surface area (TPSA) is 68.4 Å². The van der Waals surface area contributed by atoms with Crippen molar-refractivity contribution in [3.63, 3.8) is 0 Å². The van der Waals surface area contributed by atoms with E-state index in [0.717, 1.165) is 49.2 Å². The number of rotatable bonds is 9. The molecule has 0 saturated carbocycles. The van der Waals surface area contributed by atoms with Crippen molar-refractivity contribution < 1.29 is 9.90 Å². The number of piperidine rings is 1. The van der Waals surface area contributed by atoms with Crippen LogP contribution in [0.15, 0.2) is 60.8 Å². The van der Waals surface area contributed by atoms with Crippen molar-refractivity contribution in [1.29, 1.82) is 0 Å². The average molecular weight is 500 g/mol. The fourth-order valence-electron chi connectivity index (χ4n) is 5.29. The summed E-state index contributed by atoms with van der Waals surface area (Å²) in [6.07, 6.45) is 11.7. The van der Waals surface area contributed by atoms with Gasteiger partial charge in [0.2, 0.25) is 5.91 Å². The van der Waals surface area contributed by atoms with Crippen molar-refractivity contribution >= 4 is 22.9 Å². The zero-order valence-electron chi connectivity index (χ0n) is 22.6. The minimum Gasteiger partial charge on any atom is -0.507 e. The number of benzene rings is 2. The molecule has 1 amide bonds. The van der Waals surface area contributed by atoms with Gasteiger partial charge >= 0.3 is 0 Å². The van der Waals surface area contributed by atoms with E-state index in [2.05, 4.69) is 73.4 Å². The molecule has 0 atom stereocenters. The molecule has 3 N–H and O–H groups in total. The van der Waals surface area contributed by atoms with E-state index in [1.807, 2.05) is 24.3 Å². The van der Waals surface area contributed by atoms with Crippen LogP contribution in [0.3, 0.4) is 0 Å². The first-order chi connectivity index (χ1) is 17.8. The Hall–Kier alpha value is -3.31. The summed E-state index contributed by atoms with van der Waals surface area (Å²) in [6.45, 7) is 12.0. The highest BCUT2D eigenvalue weighted by Gasteiger charge is 2.22. The van der Waals surface area contributed by atoms with Gasteiger partial charge in [-0.3, -0.25) is 4.79 Å². The normalized spacial score (nSPS) is 15.6. The Morgan fingerprint density at radius 2 is 1.76 bits per heavy atom. The van der Waals surface area contributed by atoms with Crippen molar-refractivity contribution in [3.05, 3.63) is 83.1 Å². The second-order valence-corrected chi connectivity index (χ2v) is 10.8. The first-order valence-corrected chi connectivity index (χ1v) is 13.6. The highest BCUT2D eigenvalue weighted by atomic mass is 16.3. The van der Waals surface area contributed by atoms with Gasteiger partial charge in [-0.1, -0.05) is 64.1 Å². The molecule has 0 radical (unpaired) electrons. The van der Waals surface area contributed by atoms with Crippen molar-refractivity contribution in [2.75, 3.05) is 26.2 Å². The summed E-state index contributed by atoms with van der Waals surface area (Å²) in [7, 11) is 0. The Morgan fingerprint density at radius 3 is 2.43 bits per heavy atom. The average Bonchev–Trinajstić information content (AvgIpc) is 3.31. The van der Waals surface area contributed by atoms with Gasteiger partial charge in [0.05, 0.1) is 0 Å². The predicted molar refractivity (Wildman–Crippen MR) is 154 cm³/mol. The summed E-state index contributed by atoms with van der Waals surface area (Å²) < 4.78 is 0. The zero-order chi connectivity index (χ0) is 26.4. The number of amides is 1. The maximum Gasteiger partial charge on any atom is 0.244 e. The number of carbonyl (C=O) groups excluding carboxylic acids is 1. The number of hydrogen-bond acceptors (Lipinski definition) is 3. The molecule has 2 heterocycles. The molecule has 1 saturated heterocycles. The summed E-state index contributed by atoms with van der Waals surface area (Å²) in [5, 5.41) is 14.9. The number of carbonyl (C=O) groups is 1. The Labute approximate surface area is 221 Å². The minimum absolute atomic E-state index is 0.0743. The van der Waals surface area contributed by atoms with Crippen LogP contribution in [-0.4, -0.2) is 47.1 Å². The molecular weight excluding hydrogens is 458 g/mol. The summed E-state index contributed by atoms with van der Waals surface area (Å²) in [4.78, 5) is 18.1. The molecule has 196 valence electrons. The molecule has 5 nitrogen and oxygen atoms in total. The molecule has 0 bridgehead atoms. The fourth-order valence-corrected chi connectivity index (χ4v) is 5.29. The smallest absolute Gasteiger partial charge is 0.244 e. The number of fused-ring (bicyclic) bond motifs is 1. The maximum atomic E-state index is 12.3. The van der Waals surface area contributed by atoms with Gasteiger partial charge in [0.25, 0.3) is 0 Å². The number of aromatic nitrogens is 1. The number of likely N-dealkylation sites (tertiary alicyclic amines) is 1. The molecule has 37 heavy (non-hydrogen) atoms. The summed E-state index contributed by atoms with van der Waals surface area (Å²) in [6, 6.07) is 12.6. The number of nitrogens with one attached hydrogen (secondary N) is 2. The third-order valence-electron chi connectivity index (χ3n) is 7.46. The lowest BCUT2D eigenvalue weighted by atomic mass is 9.89. The first kappa shape index (κ1) is 26.7. The lowest BCUT2D eigenvalue weighted by molar-refractivity contribution is -0.116. The van der Waals surface area contributed by atoms with Crippen LogP contribution in [0.5, 0.6) is 5.75 Å². The molecule has 3 aromatic rings. The van der Waals surface area contributed by atoms with Crippen LogP contribution in [0.25, 0.3) is 17.0 Å². The van der Waals surface area contributed by atoms with E-state index < -0.39 is 0 Å². The minimum atomic E-state index is -0.0743. The predicted octanol–water partition coefficient (Wildman–Crippen LogP) is 6.69. The van der Waals surface area contributed by atoms with Crippen molar-refractivity contribution in [2.24, 2.45) is 0 Å². The molecule has 2 aromatic carbocycles. The lowest BCUT2D eigenvalue weighted by Gasteiger charge is -2.31. The van der Waals surface area contributed by atoms with Crippen LogP contribution in [0.2, 0.25) is 0 Å². The van der Waals surface area contributed by atoms with E-state index in [1.165, 1.54) is 16.5 Å². The summed E-state index contributed by atoms with van der Waals surface area (Å²) in [5.41, 5.74) is 5.60. The number of allylic oxidation sites excluding steroid dienone is 2. The molecular formula is C32H41N3O2. The Balaban J connectivity index is 1.21. The molecule has 4 rings (SSSR count). The van der Waals surface area contributed by atoms with E-state index in [0.29, 0.717) is 18.2 Å². The monoisotopic (exact) mass is 499 g/mol. The van der Waals surface area contributed by atoms with Crippen LogP contribution in [-0.2, 0) is 4.79 Å². The SMILES string of the molecule is CC(C)c1cc(/C=C/C=C/C(=O)NCCN2CCC(c3c[nH]c4ccccc34)CC2)cc(C(C)C)c1O. The van der Waals surface area contributed by atoms with Gasteiger partial charge in [0.1, 0.15) is 5.75 Å². The standard InChI is InChI=1S/C32H41N3O2/c1-22(2)27-19-24(20-28(23(3)4)32(27)37)9-5-8-12-31(36)33-15-18-35-16-13-25(14-17-35)29-21-34-30-11-7-6-10-26(29)30/h5-12,19-23,25,34,37H,13-18H2,1-4H3,(H,33,36)/b9-5+,12-8+. The number of aromatic amines is 1. The van der Waals surface area contributed by atoms with Gasteiger partial charge in [-0.2, -0.15) is 0 Å². The number of para-hydroxylation sites is 1. The van der Waals surface area contributed by atoms with Gasteiger partial charge in [-0.25, -0.2) is 0 Å². The van der Waals surface area contributed by atoms with Crippen LogP contribution in [0.4, 0.5) is 0 Å². The Bertz CT molecular complexity index is 1230. The van der Waals surface area contributed by atoms with Gasteiger partial charge in [-0.05, 0) is 84.1 Å².